The number of benzene rings is 2. The third-order valence-electron chi connectivity index (χ3n) is 2.44. The van der Waals surface area contributed by atoms with Crippen LogP contribution in [0.5, 0.6) is 0 Å². The first-order valence-corrected chi connectivity index (χ1v) is 5.29. The lowest BCUT2D eigenvalue weighted by molar-refractivity contribution is 0.623. The molecule has 17 heavy (non-hydrogen) atoms. The summed E-state index contributed by atoms with van der Waals surface area (Å²) in [4.78, 5) is 4.31. The number of nitrogen functional groups attached to an aromatic ring is 1. The molecular weight excluding hydrogens is 214 g/mol. The Morgan fingerprint density at radius 1 is 1.06 bits per heavy atom. The van der Waals surface area contributed by atoms with Gasteiger partial charge in [0.15, 0.2) is 5.58 Å². The van der Waals surface area contributed by atoms with Gasteiger partial charge in [0.2, 0.25) is 0 Å². The molecular formula is C13H11N3O. The topological polar surface area (TPSA) is 64.1 Å². The zero-order valence-electron chi connectivity index (χ0n) is 9.05. The minimum absolute atomic E-state index is 0.469. The summed E-state index contributed by atoms with van der Waals surface area (Å²) in [6.45, 7) is 0. The molecule has 4 nitrogen and oxygen atoms in total. The summed E-state index contributed by atoms with van der Waals surface area (Å²) >= 11 is 0. The number of para-hydroxylation sites is 1. The van der Waals surface area contributed by atoms with Gasteiger partial charge in [-0.25, -0.2) is 0 Å². The second-order valence-electron chi connectivity index (χ2n) is 3.74. The van der Waals surface area contributed by atoms with Crippen molar-refractivity contribution in [3.05, 3.63) is 48.5 Å². The van der Waals surface area contributed by atoms with Crippen molar-refractivity contribution in [2.24, 2.45) is 0 Å². The van der Waals surface area contributed by atoms with Crippen LogP contribution >= 0.6 is 0 Å². The van der Waals surface area contributed by atoms with Gasteiger partial charge in [-0.15, -0.1) is 0 Å². The molecule has 0 saturated carbocycles. The summed E-state index contributed by atoms with van der Waals surface area (Å²) in [5.74, 6) is 0. The molecule has 0 aliphatic carbocycles. The normalized spacial score (nSPS) is 10.6. The smallest absolute Gasteiger partial charge is 0.300 e. The van der Waals surface area contributed by atoms with Crippen LogP contribution < -0.4 is 11.1 Å². The summed E-state index contributed by atoms with van der Waals surface area (Å²) in [5.41, 5.74) is 8.77. The number of nitrogens with two attached hydrogens (primary N) is 1. The standard InChI is InChI=1S/C13H11N3O/c14-9-6-7-12-11(8-9)16-13(17-12)15-10-4-2-1-3-5-10/h1-8H,14H2,(H,15,16). The van der Waals surface area contributed by atoms with Gasteiger partial charge in [0.05, 0.1) is 0 Å². The van der Waals surface area contributed by atoms with Crippen molar-refractivity contribution < 1.29 is 4.42 Å². The molecule has 0 amide bonds. The Morgan fingerprint density at radius 2 is 1.88 bits per heavy atom. The molecule has 1 heterocycles. The molecule has 0 spiro atoms. The van der Waals surface area contributed by atoms with Crippen molar-refractivity contribution in [3.8, 4) is 0 Å². The van der Waals surface area contributed by atoms with Crippen LogP contribution in [0, 0.1) is 0 Å². The van der Waals surface area contributed by atoms with Crippen molar-refractivity contribution in [3.63, 3.8) is 0 Å². The molecule has 84 valence electrons. The first-order chi connectivity index (χ1) is 8.31. The minimum Gasteiger partial charge on any atom is -0.423 e. The second kappa shape index (κ2) is 3.83. The average molecular weight is 225 g/mol. The van der Waals surface area contributed by atoms with Gasteiger partial charge in [0.25, 0.3) is 6.01 Å². The van der Waals surface area contributed by atoms with Gasteiger partial charge in [-0.2, -0.15) is 4.98 Å². The van der Waals surface area contributed by atoms with Crippen LogP contribution in [-0.2, 0) is 0 Å². The van der Waals surface area contributed by atoms with E-state index < -0.39 is 0 Å². The summed E-state index contributed by atoms with van der Waals surface area (Å²) in [6, 6.07) is 15.6. The maximum atomic E-state index is 5.68. The van der Waals surface area contributed by atoms with Crippen molar-refractivity contribution in [2.45, 2.75) is 0 Å². The Morgan fingerprint density at radius 3 is 2.71 bits per heavy atom. The molecule has 2 aromatic carbocycles. The number of hydrogen-bond acceptors (Lipinski definition) is 4. The third-order valence-corrected chi connectivity index (χ3v) is 2.44. The minimum atomic E-state index is 0.469. The van der Waals surface area contributed by atoms with Gasteiger partial charge in [-0.05, 0) is 30.3 Å². The number of anilines is 3. The third kappa shape index (κ3) is 1.92. The van der Waals surface area contributed by atoms with E-state index in [-0.39, 0.29) is 0 Å². The fourth-order valence-corrected chi connectivity index (χ4v) is 1.64. The van der Waals surface area contributed by atoms with E-state index in [1.54, 1.807) is 12.1 Å². The summed E-state index contributed by atoms with van der Waals surface area (Å²) in [6.07, 6.45) is 0. The molecule has 0 aliphatic rings. The number of fused-ring (bicyclic) bond motifs is 1. The second-order valence-corrected chi connectivity index (χ2v) is 3.74. The first-order valence-electron chi connectivity index (χ1n) is 5.29. The average Bonchev–Trinajstić information content (AvgIpc) is 2.71. The molecule has 0 fully saturated rings. The molecule has 4 heteroatoms. The zero-order chi connectivity index (χ0) is 11.7. The predicted molar refractivity (Wildman–Crippen MR) is 68.1 cm³/mol. The molecule has 0 saturated heterocycles. The van der Waals surface area contributed by atoms with Gasteiger partial charge in [0.1, 0.15) is 5.52 Å². The lowest BCUT2D eigenvalue weighted by atomic mass is 10.3. The largest absolute Gasteiger partial charge is 0.423 e. The number of nitrogens with one attached hydrogen (secondary N) is 1. The van der Waals surface area contributed by atoms with Gasteiger partial charge in [-0.1, -0.05) is 18.2 Å². The van der Waals surface area contributed by atoms with E-state index in [4.69, 9.17) is 10.2 Å². The van der Waals surface area contributed by atoms with Crippen LogP contribution in [0.15, 0.2) is 52.9 Å². The molecule has 0 bridgehead atoms. The van der Waals surface area contributed by atoms with E-state index in [1.165, 1.54) is 0 Å². The first kappa shape index (κ1) is 9.72. The van der Waals surface area contributed by atoms with Crippen LogP contribution in [0.3, 0.4) is 0 Å². The molecule has 0 unspecified atom stereocenters. The van der Waals surface area contributed by atoms with Crippen LogP contribution in [0.1, 0.15) is 0 Å². The maximum Gasteiger partial charge on any atom is 0.300 e. The quantitative estimate of drug-likeness (QED) is 0.657. The van der Waals surface area contributed by atoms with E-state index in [2.05, 4.69) is 10.3 Å². The predicted octanol–water partition coefficient (Wildman–Crippen LogP) is 3.15. The van der Waals surface area contributed by atoms with Crippen LogP contribution in [0.2, 0.25) is 0 Å². The molecule has 3 aromatic rings. The number of aromatic nitrogens is 1. The van der Waals surface area contributed by atoms with Crippen LogP contribution in [-0.4, -0.2) is 4.98 Å². The molecule has 1 aromatic heterocycles. The number of oxazole rings is 1. The van der Waals surface area contributed by atoms with Crippen LogP contribution in [0.4, 0.5) is 17.4 Å². The Kier molecular flexibility index (Phi) is 2.19. The number of nitrogens with zero attached hydrogens (tertiary/aromatic N) is 1. The van der Waals surface area contributed by atoms with E-state index in [0.717, 1.165) is 16.8 Å². The Bertz CT molecular complexity index is 646. The van der Waals surface area contributed by atoms with Crippen molar-refractivity contribution >= 4 is 28.5 Å². The Hall–Kier alpha value is -2.49. The van der Waals surface area contributed by atoms with Gasteiger partial charge >= 0.3 is 0 Å². The highest BCUT2D eigenvalue weighted by molar-refractivity contribution is 5.78. The van der Waals surface area contributed by atoms with Gasteiger partial charge in [-0.3, -0.25) is 0 Å². The Labute approximate surface area is 98.1 Å². The summed E-state index contributed by atoms with van der Waals surface area (Å²) in [5, 5.41) is 3.09. The van der Waals surface area contributed by atoms with Gasteiger partial charge in [0, 0.05) is 11.4 Å². The summed E-state index contributed by atoms with van der Waals surface area (Å²) < 4.78 is 5.55. The van der Waals surface area contributed by atoms with Crippen molar-refractivity contribution in [2.75, 3.05) is 11.1 Å². The van der Waals surface area contributed by atoms with E-state index >= 15 is 0 Å². The van der Waals surface area contributed by atoms with Crippen molar-refractivity contribution in [1.82, 2.24) is 4.98 Å². The monoisotopic (exact) mass is 225 g/mol. The Balaban J connectivity index is 1.96. The molecule has 3 rings (SSSR count). The van der Waals surface area contributed by atoms with E-state index in [1.807, 2.05) is 36.4 Å². The molecule has 0 radical (unpaired) electrons. The number of rotatable bonds is 2. The van der Waals surface area contributed by atoms with Crippen molar-refractivity contribution in [1.29, 1.82) is 0 Å². The maximum absolute atomic E-state index is 5.68. The van der Waals surface area contributed by atoms with E-state index in [0.29, 0.717) is 11.7 Å². The number of hydrogen-bond donors (Lipinski definition) is 2. The zero-order valence-corrected chi connectivity index (χ0v) is 9.05. The highest BCUT2D eigenvalue weighted by atomic mass is 16.4. The van der Waals surface area contributed by atoms with Crippen LogP contribution in [0.25, 0.3) is 11.1 Å². The van der Waals surface area contributed by atoms with E-state index in [9.17, 15) is 0 Å². The summed E-state index contributed by atoms with van der Waals surface area (Å²) in [7, 11) is 0. The SMILES string of the molecule is Nc1ccc2oc(Nc3ccccc3)nc2c1. The molecule has 0 atom stereocenters. The fraction of sp³-hybridized carbons (Fsp3) is 0. The lowest BCUT2D eigenvalue weighted by Crippen LogP contribution is -1.88. The fourth-order valence-electron chi connectivity index (χ4n) is 1.64. The lowest BCUT2D eigenvalue weighted by Gasteiger charge is -1.98. The van der Waals surface area contributed by atoms with Gasteiger partial charge < -0.3 is 15.5 Å². The highest BCUT2D eigenvalue weighted by Gasteiger charge is 2.05. The molecule has 3 N–H and O–H groups in total. The highest BCUT2D eigenvalue weighted by Crippen LogP contribution is 2.23. The molecule has 0 aliphatic heterocycles.